The van der Waals surface area contributed by atoms with E-state index in [0.29, 0.717) is 0 Å². The quantitative estimate of drug-likeness (QED) is 0.870. The molecule has 0 saturated carbocycles. The summed E-state index contributed by atoms with van der Waals surface area (Å²) >= 11 is 0. The fraction of sp³-hybridized carbons (Fsp3) is 0.467. The normalized spacial score (nSPS) is 14.4. The molecule has 5 heteroatoms. The number of aryl methyl sites for hydroxylation is 1. The van der Waals surface area contributed by atoms with Crippen LogP contribution >= 0.6 is 0 Å². The van der Waals surface area contributed by atoms with Gasteiger partial charge in [0, 0.05) is 43.8 Å². The molecule has 0 spiro atoms. The highest BCUT2D eigenvalue weighted by molar-refractivity contribution is 5.15. The molecular formula is C15H23N5. The lowest BCUT2D eigenvalue weighted by Crippen LogP contribution is -2.39. The van der Waals surface area contributed by atoms with Crippen molar-refractivity contribution in [3.8, 4) is 0 Å². The van der Waals surface area contributed by atoms with Gasteiger partial charge in [-0.15, -0.1) is 0 Å². The Bertz CT molecular complexity index is 520. The van der Waals surface area contributed by atoms with Gasteiger partial charge in [0.2, 0.25) is 0 Å². The van der Waals surface area contributed by atoms with E-state index in [9.17, 15) is 0 Å². The molecule has 5 nitrogen and oxygen atoms in total. The van der Waals surface area contributed by atoms with Crippen LogP contribution < -0.4 is 5.73 Å². The van der Waals surface area contributed by atoms with Gasteiger partial charge in [-0.3, -0.25) is 14.6 Å². The predicted octanol–water partition coefficient (Wildman–Crippen LogP) is 1.73. The number of hydrogen-bond donors (Lipinski definition) is 1. The lowest BCUT2D eigenvalue weighted by molar-refractivity contribution is 0.177. The zero-order valence-electron chi connectivity index (χ0n) is 12.4. The number of pyridine rings is 1. The topological polar surface area (TPSA) is 60.0 Å². The van der Waals surface area contributed by atoms with Crippen LogP contribution in [-0.2, 0) is 13.6 Å². The second kappa shape index (κ2) is 6.63. The van der Waals surface area contributed by atoms with Crippen molar-refractivity contribution in [2.24, 2.45) is 12.8 Å². The Morgan fingerprint density at radius 2 is 2.05 bits per heavy atom. The molecule has 0 aliphatic heterocycles. The van der Waals surface area contributed by atoms with Gasteiger partial charge in [-0.05, 0) is 31.2 Å². The Hall–Kier alpha value is -1.72. The molecule has 0 fully saturated rings. The van der Waals surface area contributed by atoms with Crippen molar-refractivity contribution >= 4 is 0 Å². The second-order valence-electron chi connectivity index (χ2n) is 5.17. The first-order valence-corrected chi connectivity index (χ1v) is 6.99. The Morgan fingerprint density at radius 3 is 2.55 bits per heavy atom. The lowest BCUT2D eigenvalue weighted by Gasteiger charge is -2.32. The van der Waals surface area contributed by atoms with E-state index in [2.05, 4.69) is 21.9 Å². The first kappa shape index (κ1) is 14.7. The lowest BCUT2D eigenvalue weighted by atomic mass is 10.0. The molecule has 2 aromatic heterocycles. The molecule has 108 valence electrons. The maximum Gasteiger partial charge on any atom is 0.0538 e. The molecule has 2 heterocycles. The summed E-state index contributed by atoms with van der Waals surface area (Å²) in [5, 5.41) is 4.27. The highest BCUT2D eigenvalue weighted by Crippen LogP contribution is 2.24. The Kier molecular flexibility index (Phi) is 4.87. The van der Waals surface area contributed by atoms with Crippen LogP contribution in [-0.4, -0.2) is 32.3 Å². The van der Waals surface area contributed by atoms with Crippen molar-refractivity contribution in [2.75, 3.05) is 6.54 Å². The zero-order chi connectivity index (χ0) is 14.5. The van der Waals surface area contributed by atoms with E-state index < -0.39 is 0 Å². The van der Waals surface area contributed by atoms with Crippen molar-refractivity contribution in [3.63, 3.8) is 0 Å². The fourth-order valence-corrected chi connectivity index (χ4v) is 2.57. The molecule has 20 heavy (non-hydrogen) atoms. The van der Waals surface area contributed by atoms with Gasteiger partial charge in [-0.1, -0.05) is 6.92 Å². The van der Waals surface area contributed by atoms with Crippen LogP contribution in [0.3, 0.4) is 0 Å². The molecular weight excluding hydrogens is 250 g/mol. The van der Waals surface area contributed by atoms with Gasteiger partial charge in [0.1, 0.15) is 0 Å². The largest absolute Gasteiger partial charge is 0.326 e. The van der Waals surface area contributed by atoms with E-state index in [1.165, 1.54) is 11.1 Å². The highest BCUT2D eigenvalue weighted by atomic mass is 15.3. The molecule has 0 saturated heterocycles. The summed E-state index contributed by atoms with van der Waals surface area (Å²) < 4.78 is 1.82. The maximum atomic E-state index is 6.22. The van der Waals surface area contributed by atoms with Gasteiger partial charge in [0.15, 0.2) is 0 Å². The monoisotopic (exact) mass is 273 g/mol. The summed E-state index contributed by atoms with van der Waals surface area (Å²) in [6.07, 6.45) is 7.61. The van der Waals surface area contributed by atoms with E-state index in [0.717, 1.165) is 13.1 Å². The molecule has 0 bridgehead atoms. The summed E-state index contributed by atoms with van der Waals surface area (Å²) in [6.45, 7) is 6.00. The zero-order valence-corrected chi connectivity index (χ0v) is 12.4. The second-order valence-corrected chi connectivity index (χ2v) is 5.17. The SMILES string of the molecule is CCN(Cc1ccncc1)C(c1cnn(C)c1)C(C)N. The molecule has 0 aromatic carbocycles. The van der Waals surface area contributed by atoms with Gasteiger partial charge in [-0.2, -0.15) is 5.10 Å². The van der Waals surface area contributed by atoms with Crippen LogP contribution in [0.15, 0.2) is 36.9 Å². The van der Waals surface area contributed by atoms with Crippen LogP contribution in [0.2, 0.25) is 0 Å². The van der Waals surface area contributed by atoms with Crippen LogP contribution in [0.1, 0.15) is 31.0 Å². The third kappa shape index (κ3) is 3.43. The average Bonchev–Trinajstić information content (AvgIpc) is 2.85. The van der Waals surface area contributed by atoms with Crippen LogP contribution in [0.4, 0.5) is 0 Å². The minimum Gasteiger partial charge on any atom is -0.326 e. The molecule has 2 N–H and O–H groups in total. The number of likely N-dealkylation sites (N-methyl/N-ethyl adjacent to an activating group) is 1. The molecule has 0 aliphatic rings. The predicted molar refractivity (Wildman–Crippen MR) is 79.9 cm³/mol. The maximum absolute atomic E-state index is 6.22. The number of hydrogen-bond acceptors (Lipinski definition) is 4. The number of rotatable bonds is 6. The Balaban J connectivity index is 2.22. The van der Waals surface area contributed by atoms with Crippen LogP contribution in [0.5, 0.6) is 0 Å². The third-order valence-electron chi connectivity index (χ3n) is 3.50. The van der Waals surface area contributed by atoms with Gasteiger partial charge in [-0.25, -0.2) is 0 Å². The van der Waals surface area contributed by atoms with Gasteiger partial charge >= 0.3 is 0 Å². The van der Waals surface area contributed by atoms with E-state index in [1.54, 1.807) is 0 Å². The van der Waals surface area contributed by atoms with E-state index >= 15 is 0 Å². The summed E-state index contributed by atoms with van der Waals surface area (Å²) in [5.74, 6) is 0. The van der Waals surface area contributed by atoms with Crippen molar-refractivity contribution < 1.29 is 0 Å². The minimum absolute atomic E-state index is 0.0426. The molecule has 0 amide bonds. The van der Waals surface area contributed by atoms with Crippen molar-refractivity contribution in [2.45, 2.75) is 32.5 Å². The summed E-state index contributed by atoms with van der Waals surface area (Å²) in [6, 6.07) is 4.30. The first-order valence-electron chi connectivity index (χ1n) is 6.99. The van der Waals surface area contributed by atoms with Crippen molar-refractivity contribution in [3.05, 3.63) is 48.0 Å². The van der Waals surface area contributed by atoms with E-state index in [1.807, 2.05) is 55.6 Å². The van der Waals surface area contributed by atoms with Gasteiger partial charge in [0.05, 0.1) is 12.2 Å². The first-order chi connectivity index (χ1) is 9.61. The molecule has 2 atom stereocenters. The number of aromatic nitrogens is 3. The summed E-state index contributed by atoms with van der Waals surface area (Å²) in [7, 11) is 1.93. The summed E-state index contributed by atoms with van der Waals surface area (Å²) in [4.78, 5) is 6.44. The fourth-order valence-electron chi connectivity index (χ4n) is 2.57. The van der Waals surface area contributed by atoms with Gasteiger partial charge < -0.3 is 5.73 Å². The average molecular weight is 273 g/mol. The molecule has 2 rings (SSSR count). The standard InChI is InChI=1S/C15H23N5/c1-4-20(10-13-5-7-17-8-6-13)15(12(2)16)14-9-18-19(3)11-14/h5-9,11-12,15H,4,10,16H2,1-3H3. The molecule has 2 aromatic rings. The Morgan fingerprint density at radius 1 is 1.35 bits per heavy atom. The summed E-state index contributed by atoms with van der Waals surface area (Å²) in [5.41, 5.74) is 8.63. The third-order valence-corrected chi connectivity index (χ3v) is 3.50. The van der Waals surface area contributed by atoms with E-state index in [4.69, 9.17) is 5.73 Å². The molecule has 0 radical (unpaired) electrons. The highest BCUT2D eigenvalue weighted by Gasteiger charge is 2.24. The molecule has 0 aliphatic carbocycles. The smallest absolute Gasteiger partial charge is 0.0538 e. The Labute approximate surface area is 120 Å². The van der Waals surface area contributed by atoms with E-state index in [-0.39, 0.29) is 12.1 Å². The van der Waals surface area contributed by atoms with Gasteiger partial charge in [0.25, 0.3) is 0 Å². The minimum atomic E-state index is 0.0426. The van der Waals surface area contributed by atoms with Crippen molar-refractivity contribution in [1.82, 2.24) is 19.7 Å². The number of nitrogens with zero attached hydrogens (tertiary/aromatic N) is 4. The molecule has 2 unspecified atom stereocenters. The number of nitrogens with two attached hydrogens (primary N) is 1. The van der Waals surface area contributed by atoms with Crippen molar-refractivity contribution in [1.29, 1.82) is 0 Å². The van der Waals surface area contributed by atoms with Crippen LogP contribution in [0.25, 0.3) is 0 Å². The van der Waals surface area contributed by atoms with Crippen LogP contribution in [0, 0.1) is 0 Å².